The van der Waals surface area contributed by atoms with Gasteiger partial charge in [0, 0.05) is 7.11 Å². The number of alkyl carbamates (subject to hydrolysis) is 1. The summed E-state index contributed by atoms with van der Waals surface area (Å²) in [5.74, 6) is -0.482. The van der Waals surface area contributed by atoms with E-state index in [9.17, 15) is 14.4 Å². The summed E-state index contributed by atoms with van der Waals surface area (Å²) in [6.07, 6.45) is 1.58. The second kappa shape index (κ2) is 13.1. The van der Waals surface area contributed by atoms with E-state index in [4.69, 9.17) is 14.2 Å². The van der Waals surface area contributed by atoms with Crippen LogP contribution in [0.5, 0.6) is 0 Å². The van der Waals surface area contributed by atoms with Gasteiger partial charge in [-0.25, -0.2) is 9.59 Å². The molecule has 0 saturated carbocycles. The third-order valence-corrected chi connectivity index (χ3v) is 4.42. The van der Waals surface area contributed by atoms with Crippen LogP contribution in [0.3, 0.4) is 0 Å². The number of ether oxygens (including phenoxy) is 3. The van der Waals surface area contributed by atoms with E-state index in [0.29, 0.717) is 12.2 Å². The molecule has 0 fully saturated rings. The largest absolute Gasteiger partial charge is 0.459 e. The van der Waals surface area contributed by atoms with Crippen LogP contribution in [0.1, 0.15) is 32.8 Å². The monoisotopic (exact) mass is 440 g/mol. The lowest BCUT2D eigenvalue weighted by atomic mass is 10.2. The summed E-state index contributed by atoms with van der Waals surface area (Å²) in [6, 6.07) is 7.37. The maximum absolute atomic E-state index is 12.8. The lowest BCUT2D eigenvalue weighted by Gasteiger charge is -2.24. The number of thioether (sulfide) groups is 1. The number of carbonyl (C=O) groups excluding carboxylic acids is 3. The van der Waals surface area contributed by atoms with Gasteiger partial charge >= 0.3 is 12.1 Å². The van der Waals surface area contributed by atoms with E-state index in [1.165, 1.54) is 7.11 Å². The smallest absolute Gasteiger partial charge is 0.408 e. The molecule has 2 amide bonds. The van der Waals surface area contributed by atoms with Gasteiger partial charge in [0.15, 0.2) is 6.04 Å². The fraction of sp³-hybridized carbons (Fsp3) is 0.571. The third kappa shape index (κ3) is 10.5. The molecule has 168 valence electrons. The van der Waals surface area contributed by atoms with Gasteiger partial charge < -0.3 is 24.8 Å². The van der Waals surface area contributed by atoms with Crippen LogP contribution < -0.4 is 10.6 Å². The zero-order valence-corrected chi connectivity index (χ0v) is 19.0. The Morgan fingerprint density at radius 1 is 1.07 bits per heavy atom. The molecule has 1 rings (SSSR count). The van der Waals surface area contributed by atoms with Crippen LogP contribution in [0, 0.1) is 0 Å². The predicted octanol–water partition coefficient (Wildman–Crippen LogP) is 2.51. The van der Waals surface area contributed by atoms with Gasteiger partial charge in [-0.2, -0.15) is 11.8 Å². The van der Waals surface area contributed by atoms with Crippen LogP contribution in [0.25, 0.3) is 0 Å². The van der Waals surface area contributed by atoms with Crippen molar-refractivity contribution in [2.45, 2.75) is 51.5 Å². The number of amides is 2. The summed E-state index contributed by atoms with van der Waals surface area (Å²) in [4.78, 5) is 37.3. The fourth-order valence-corrected chi connectivity index (χ4v) is 2.86. The molecule has 0 heterocycles. The molecule has 2 N–H and O–H groups in total. The second-order valence-corrected chi connectivity index (χ2v) is 8.58. The topological polar surface area (TPSA) is 103 Å². The number of hydrogen-bond acceptors (Lipinski definition) is 7. The number of esters is 1. The van der Waals surface area contributed by atoms with E-state index in [1.807, 2.05) is 36.6 Å². The fourth-order valence-electron chi connectivity index (χ4n) is 2.39. The van der Waals surface area contributed by atoms with Crippen LogP contribution in [0.2, 0.25) is 0 Å². The molecular formula is C21H32N2O6S. The lowest BCUT2D eigenvalue weighted by Crippen LogP contribution is -2.54. The zero-order valence-electron chi connectivity index (χ0n) is 18.2. The predicted molar refractivity (Wildman–Crippen MR) is 116 cm³/mol. The van der Waals surface area contributed by atoms with Gasteiger partial charge in [0.1, 0.15) is 18.2 Å². The summed E-state index contributed by atoms with van der Waals surface area (Å²) in [5, 5.41) is 5.19. The summed E-state index contributed by atoms with van der Waals surface area (Å²) in [6.45, 7) is 5.24. The van der Waals surface area contributed by atoms with Crippen molar-refractivity contribution < 1.29 is 28.6 Å². The molecule has 1 aromatic carbocycles. The Bertz CT molecular complexity index is 678. The third-order valence-electron chi connectivity index (χ3n) is 3.78. The van der Waals surface area contributed by atoms with Crippen LogP contribution in [0.4, 0.5) is 4.79 Å². The molecule has 1 aromatic rings. The van der Waals surface area contributed by atoms with Crippen molar-refractivity contribution in [1.29, 1.82) is 0 Å². The molecule has 0 spiro atoms. The van der Waals surface area contributed by atoms with E-state index in [-0.39, 0.29) is 13.2 Å². The molecule has 0 aliphatic heterocycles. The molecule has 30 heavy (non-hydrogen) atoms. The molecule has 9 heteroatoms. The Labute approximate surface area is 182 Å². The highest BCUT2D eigenvalue weighted by atomic mass is 32.2. The Balaban J connectivity index is 2.74. The van der Waals surface area contributed by atoms with E-state index < -0.39 is 35.7 Å². The lowest BCUT2D eigenvalue weighted by molar-refractivity contribution is -0.150. The first-order chi connectivity index (χ1) is 14.2. The minimum absolute atomic E-state index is 0.0545. The van der Waals surface area contributed by atoms with Crippen molar-refractivity contribution >= 4 is 29.7 Å². The highest BCUT2D eigenvalue weighted by Gasteiger charge is 2.29. The van der Waals surface area contributed by atoms with Gasteiger partial charge in [0.05, 0.1) is 6.61 Å². The van der Waals surface area contributed by atoms with Crippen molar-refractivity contribution in [2.24, 2.45) is 0 Å². The first-order valence-electron chi connectivity index (χ1n) is 9.64. The highest BCUT2D eigenvalue weighted by Crippen LogP contribution is 2.09. The number of carbonyl (C=O) groups is 3. The second-order valence-electron chi connectivity index (χ2n) is 7.59. The van der Waals surface area contributed by atoms with Crippen LogP contribution >= 0.6 is 11.8 Å². The maximum Gasteiger partial charge on any atom is 0.408 e. The minimum atomic E-state index is -0.997. The van der Waals surface area contributed by atoms with Crippen molar-refractivity contribution in [2.75, 3.05) is 25.7 Å². The van der Waals surface area contributed by atoms with Crippen molar-refractivity contribution in [3.05, 3.63) is 35.9 Å². The molecule has 0 saturated heterocycles. The van der Waals surface area contributed by atoms with Crippen molar-refractivity contribution in [3.63, 3.8) is 0 Å². The van der Waals surface area contributed by atoms with Crippen molar-refractivity contribution in [1.82, 2.24) is 10.6 Å². The molecule has 0 radical (unpaired) electrons. The van der Waals surface area contributed by atoms with E-state index in [2.05, 4.69) is 10.6 Å². The van der Waals surface area contributed by atoms with Gasteiger partial charge in [-0.05, 0) is 44.8 Å². The van der Waals surface area contributed by atoms with E-state index >= 15 is 0 Å². The normalized spacial score (nSPS) is 13.1. The average Bonchev–Trinajstić information content (AvgIpc) is 2.68. The summed E-state index contributed by atoms with van der Waals surface area (Å²) in [7, 11) is 1.42. The van der Waals surface area contributed by atoms with Crippen LogP contribution in [0.15, 0.2) is 30.3 Å². The number of rotatable bonds is 11. The number of hydrogen-bond donors (Lipinski definition) is 2. The zero-order chi connectivity index (χ0) is 22.6. The maximum atomic E-state index is 12.8. The summed E-state index contributed by atoms with van der Waals surface area (Å²) in [5.41, 5.74) is 0.141. The van der Waals surface area contributed by atoms with Gasteiger partial charge in [-0.3, -0.25) is 4.79 Å². The molecule has 8 nitrogen and oxygen atoms in total. The van der Waals surface area contributed by atoms with Crippen molar-refractivity contribution in [3.8, 4) is 0 Å². The summed E-state index contributed by atoms with van der Waals surface area (Å²) < 4.78 is 15.6. The first-order valence-corrected chi connectivity index (χ1v) is 11.0. The van der Waals surface area contributed by atoms with Gasteiger partial charge in [-0.15, -0.1) is 0 Å². The van der Waals surface area contributed by atoms with Gasteiger partial charge in [0.25, 0.3) is 0 Å². The van der Waals surface area contributed by atoms with Crippen LogP contribution in [-0.4, -0.2) is 61.4 Å². The Morgan fingerprint density at radius 2 is 1.73 bits per heavy atom. The van der Waals surface area contributed by atoms with Gasteiger partial charge in [0.2, 0.25) is 5.91 Å². The Kier molecular flexibility index (Phi) is 11.3. The molecule has 0 unspecified atom stereocenters. The molecule has 0 aromatic heterocycles. The summed E-state index contributed by atoms with van der Waals surface area (Å²) >= 11 is 1.54. The quantitative estimate of drug-likeness (QED) is 0.510. The number of methoxy groups -OCH3 is 1. The van der Waals surface area contributed by atoms with E-state index in [1.54, 1.807) is 32.5 Å². The minimum Gasteiger partial charge on any atom is -0.459 e. The first kappa shape index (κ1) is 25.8. The number of benzene rings is 1. The molecule has 0 aliphatic rings. The Hall–Kier alpha value is -2.26. The Morgan fingerprint density at radius 3 is 2.30 bits per heavy atom. The average molecular weight is 441 g/mol. The van der Waals surface area contributed by atoms with E-state index in [0.717, 1.165) is 5.56 Å². The molecule has 0 bridgehead atoms. The van der Waals surface area contributed by atoms with Crippen LogP contribution in [-0.2, 0) is 30.4 Å². The molecule has 2 atom stereocenters. The highest BCUT2D eigenvalue weighted by molar-refractivity contribution is 7.98. The molecular weight excluding hydrogens is 408 g/mol. The molecule has 0 aliphatic carbocycles. The standard InChI is InChI=1S/C21H32N2O6S/c1-21(2,3)29-20(26)23-16(11-12-30-5)18(24)22-17(14-27-4)19(25)28-13-15-9-7-6-8-10-15/h6-10,16-17H,11-14H2,1-5H3,(H,22,24)(H,23,26)/t16-,17-/m0/s1. The number of nitrogens with one attached hydrogen (secondary N) is 2. The van der Waals surface area contributed by atoms with Gasteiger partial charge in [-0.1, -0.05) is 30.3 Å². The SMILES string of the molecule is COC[C@H](NC(=O)[C@H](CCSC)NC(=O)OC(C)(C)C)C(=O)OCc1ccccc1.